The molecule has 6 nitrogen and oxygen atoms in total. The summed E-state index contributed by atoms with van der Waals surface area (Å²) < 4.78 is 39.5. The number of likely N-dealkylation sites (tertiary alicyclic amines) is 1. The van der Waals surface area contributed by atoms with Crippen molar-refractivity contribution in [3.05, 3.63) is 65.5 Å². The molecule has 0 spiro atoms. The minimum absolute atomic E-state index is 0.145. The quantitative estimate of drug-likeness (QED) is 0.695. The number of nitrogens with zero attached hydrogens (tertiary/aromatic N) is 2. The molecule has 8 heteroatoms. The van der Waals surface area contributed by atoms with Crippen LogP contribution in [-0.2, 0) is 27.9 Å². The number of rotatable bonds is 8. The van der Waals surface area contributed by atoms with Crippen molar-refractivity contribution >= 4 is 21.6 Å². The number of hydrogen-bond acceptors (Lipinski definition) is 4. The van der Waals surface area contributed by atoms with E-state index in [2.05, 4.69) is 10.2 Å². The summed E-state index contributed by atoms with van der Waals surface area (Å²) in [7, 11) is -3.86. The Kier molecular flexibility index (Phi) is 7.10. The summed E-state index contributed by atoms with van der Waals surface area (Å²) in [5, 5.41) is 2.76. The van der Waals surface area contributed by atoms with Crippen LogP contribution in [0.1, 0.15) is 30.9 Å². The molecular formula is C22H28FN3O3S. The Balaban J connectivity index is 1.63. The van der Waals surface area contributed by atoms with E-state index in [1.807, 2.05) is 24.3 Å². The van der Waals surface area contributed by atoms with Crippen LogP contribution in [0.5, 0.6) is 0 Å². The van der Waals surface area contributed by atoms with Crippen LogP contribution in [0.2, 0.25) is 0 Å². The number of nitrogens with one attached hydrogen (secondary N) is 1. The third-order valence-electron chi connectivity index (χ3n) is 5.27. The molecule has 1 atom stereocenters. The first-order chi connectivity index (χ1) is 14.3. The smallest absolute Gasteiger partial charge is 0.243 e. The summed E-state index contributed by atoms with van der Waals surface area (Å²) in [6, 6.07) is 12.4. The van der Waals surface area contributed by atoms with Gasteiger partial charge in [-0.25, -0.2) is 12.8 Å². The van der Waals surface area contributed by atoms with Gasteiger partial charge in [0.15, 0.2) is 0 Å². The SMILES string of the molecule is C[C@H](C(=O)NCc1ccc(CN2CCCC2)cc1)N(c1ccccc1F)S(C)(=O)=O. The number of anilines is 1. The largest absolute Gasteiger partial charge is 0.350 e. The van der Waals surface area contributed by atoms with Crippen LogP contribution >= 0.6 is 0 Å². The Labute approximate surface area is 177 Å². The van der Waals surface area contributed by atoms with Gasteiger partial charge >= 0.3 is 0 Å². The number of carbonyl (C=O) groups excluding carboxylic acids is 1. The van der Waals surface area contributed by atoms with Crippen LogP contribution in [0.25, 0.3) is 0 Å². The number of hydrogen-bond donors (Lipinski definition) is 1. The van der Waals surface area contributed by atoms with Crippen molar-refractivity contribution in [2.75, 3.05) is 23.7 Å². The van der Waals surface area contributed by atoms with Crippen molar-refractivity contribution in [1.29, 1.82) is 0 Å². The van der Waals surface area contributed by atoms with E-state index in [-0.39, 0.29) is 12.2 Å². The average molecular weight is 434 g/mol. The number of amides is 1. The van der Waals surface area contributed by atoms with Crippen molar-refractivity contribution in [1.82, 2.24) is 10.2 Å². The summed E-state index contributed by atoms with van der Waals surface area (Å²) in [4.78, 5) is 15.1. The zero-order valence-electron chi connectivity index (χ0n) is 17.3. The second-order valence-corrected chi connectivity index (χ2v) is 9.56. The zero-order valence-corrected chi connectivity index (χ0v) is 18.2. The number of para-hydroxylation sites is 1. The van der Waals surface area contributed by atoms with E-state index in [9.17, 15) is 17.6 Å². The predicted octanol–water partition coefficient (Wildman–Crippen LogP) is 2.89. The molecule has 0 aromatic heterocycles. The molecular weight excluding hydrogens is 405 g/mol. The fourth-order valence-electron chi connectivity index (χ4n) is 3.71. The maximum atomic E-state index is 14.2. The van der Waals surface area contributed by atoms with Gasteiger partial charge < -0.3 is 5.32 Å². The van der Waals surface area contributed by atoms with Crippen LogP contribution in [-0.4, -0.2) is 44.6 Å². The van der Waals surface area contributed by atoms with Crippen LogP contribution in [0.15, 0.2) is 48.5 Å². The maximum Gasteiger partial charge on any atom is 0.243 e. The summed E-state index contributed by atoms with van der Waals surface area (Å²) in [5.41, 5.74) is 1.99. The van der Waals surface area contributed by atoms with Gasteiger partial charge in [0.1, 0.15) is 11.9 Å². The van der Waals surface area contributed by atoms with Crippen LogP contribution in [0.3, 0.4) is 0 Å². The molecule has 162 valence electrons. The van der Waals surface area contributed by atoms with Crippen molar-refractivity contribution in [3.8, 4) is 0 Å². The molecule has 1 aliphatic rings. The van der Waals surface area contributed by atoms with Gasteiger partial charge in [0, 0.05) is 13.1 Å². The van der Waals surface area contributed by atoms with Crippen LogP contribution in [0, 0.1) is 5.82 Å². The standard InChI is InChI=1S/C22H28FN3O3S/c1-17(26(30(2,28)29)21-8-4-3-7-20(21)23)22(27)24-15-18-9-11-19(12-10-18)16-25-13-5-6-14-25/h3-4,7-12,17H,5-6,13-16H2,1-2H3,(H,24,27)/t17-/m1/s1. The maximum absolute atomic E-state index is 14.2. The fraction of sp³-hybridized carbons (Fsp3) is 0.409. The Bertz CT molecular complexity index is 973. The second-order valence-electron chi connectivity index (χ2n) is 7.70. The molecule has 3 rings (SSSR count). The molecule has 1 aliphatic heterocycles. The molecule has 0 bridgehead atoms. The van der Waals surface area contributed by atoms with Gasteiger partial charge in [0.2, 0.25) is 15.9 Å². The van der Waals surface area contributed by atoms with Gasteiger partial charge in [-0.3, -0.25) is 14.0 Å². The van der Waals surface area contributed by atoms with E-state index in [1.165, 1.54) is 49.6 Å². The Morgan fingerprint density at radius 2 is 1.70 bits per heavy atom. The number of halogens is 1. The van der Waals surface area contributed by atoms with E-state index in [0.29, 0.717) is 0 Å². The van der Waals surface area contributed by atoms with Gasteiger partial charge in [0.05, 0.1) is 11.9 Å². The van der Waals surface area contributed by atoms with Crippen molar-refractivity contribution in [3.63, 3.8) is 0 Å². The lowest BCUT2D eigenvalue weighted by atomic mass is 10.1. The second kappa shape index (κ2) is 9.57. The minimum Gasteiger partial charge on any atom is -0.350 e. The molecule has 0 radical (unpaired) electrons. The Morgan fingerprint density at radius 3 is 2.30 bits per heavy atom. The molecule has 2 aromatic rings. The first-order valence-electron chi connectivity index (χ1n) is 10.1. The van der Waals surface area contributed by atoms with Crippen molar-refractivity contribution in [2.24, 2.45) is 0 Å². The highest BCUT2D eigenvalue weighted by Gasteiger charge is 2.30. The van der Waals surface area contributed by atoms with E-state index in [0.717, 1.165) is 35.8 Å². The summed E-state index contributed by atoms with van der Waals surface area (Å²) in [6.45, 7) is 4.91. The lowest BCUT2D eigenvalue weighted by Gasteiger charge is -2.28. The summed E-state index contributed by atoms with van der Waals surface area (Å²) in [6.07, 6.45) is 3.46. The topological polar surface area (TPSA) is 69.7 Å². The molecule has 1 fully saturated rings. The van der Waals surface area contributed by atoms with E-state index < -0.39 is 27.8 Å². The van der Waals surface area contributed by atoms with Crippen LogP contribution in [0.4, 0.5) is 10.1 Å². The first-order valence-corrected chi connectivity index (χ1v) is 11.9. The highest BCUT2D eigenvalue weighted by Crippen LogP contribution is 2.24. The highest BCUT2D eigenvalue weighted by atomic mass is 32.2. The van der Waals surface area contributed by atoms with Crippen LogP contribution < -0.4 is 9.62 Å². The Hall–Kier alpha value is -2.45. The Morgan fingerprint density at radius 1 is 1.10 bits per heavy atom. The first kappa shape index (κ1) is 22.2. The molecule has 1 saturated heterocycles. The molecule has 1 heterocycles. The van der Waals surface area contributed by atoms with E-state index >= 15 is 0 Å². The number of carbonyl (C=O) groups is 1. The third kappa shape index (κ3) is 5.58. The molecule has 0 saturated carbocycles. The highest BCUT2D eigenvalue weighted by molar-refractivity contribution is 7.92. The van der Waals surface area contributed by atoms with Gasteiger partial charge in [-0.1, -0.05) is 36.4 Å². The molecule has 0 unspecified atom stereocenters. The molecule has 1 N–H and O–H groups in total. The molecule has 2 aromatic carbocycles. The number of benzene rings is 2. The monoisotopic (exact) mass is 433 g/mol. The molecule has 30 heavy (non-hydrogen) atoms. The minimum atomic E-state index is -3.86. The summed E-state index contributed by atoms with van der Waals surface area (Å²) >= 11 is 0. The average Bonchev–Trinajstić information content (AvgIpc) is 3.21. The molecule has 0 aliphatic carbocycles. The summed E-state index contributed by atoms with van der Waals surface area (Å²) in [5.74, 6) is -1.19. The van der Waals surface area contributed by atoms with Gasteiger partial charge in [0.25, 0.3) is 0 Å². The predicted molar refractivity (Wildman–Crippen MR) is 116 cm³/mol. The zero-order chi connectivity index (χ0) is 21.7. The number of sulfonamides is 1. The van der Waals surface area contributed by atoms with E-state index in [1.54, 1.807) is 0 Å². The van der Waals surface area contributed by atoms with Crippen molar-refractivity contribution in [2.45, 2.75) is 38.9 Å². The van der Waals surface area contributed by atoms with Crippen molar-refractivity contribution < 1.29 is 17.6 Å². The van der Waals surface area contributed by atoms with Gasteiger partial charge in [-0.15, -0.1) is 0 Å². The lowest BCUT2D eigenvalue weighted by molar-refractivity contribution is -0.122. The van der Waals surface area contributed by atoms with Gasteiger partial charge in [-0.2, -0.15) is 0 Å². The molecule has 1 amide bonds. The normalized spacial score (nSPS) is 15.7. The van der Waals surface area contributed by atoms with Gasteiger partial charge in [-0.05, 0) is 56.1 Å². The fourth-order valence-corrected chi connectivity index (χ4v) is 4.89. The third-order valence-corrected chi connectivity index (χ3v) is 6.50. The van der Waals surface area contributed by atoms with E-state index in [4.69, 9.17) is 0 Å². The lowest BCUT2D eigenvalue weighted by Crippen LogP contribution is -2.48.